The molecule has 52 valence electrons. The summed E-state index contributed by atoms with van der Waals surface area (Å²) in [5.74, 6) is 0.869. The Morgan fingerprint density at radius 3 is 3.40 bits per heavy atom. The predicted octanol–water partition coefficient (Wildman–Crippen LogP) is 0.646. The van der Waals surface area contributed by atoms with Gasteiger partial charge in [0.2, 0.25) is 5.96 Å². The molecule has 0 fully saturated rings. The van der Waals surface area contributed by atoms with Crippen LogP contribution < -0.4 is 0 Å². The highest BCUT2D eigenvalue weighted by Crippen LogP contribution is 2.06. The molecule has 2 aliphatic rings. The van der Waals surface area contributed by atoms with Gasteiger partial charge in [0.15, 0.2) is 0 Å². The van der Waals surface area contributed by atoms with Crippen LogP contribution in [-0.4, -0.2) is 30.2 Å². The third kappa shape index (κ3) is 0.835. The van der Waals surface area contributed by atoms with E-state index in [1.54, 1.807) is 6.21 Å². The highest BCUT2D eigenvalue weighted by molar-refractivity contribution is 5.94. The van der Waals surface area contributed by atoms with Gasteiger partial charge in [-0.05, 0) is 12.5 Å². The van der Waals surface area contributed by atoms with Gasteiger partial charge in [0.25, 0.3) is 0 Å². The summed E-state index contributed by atoms with van der Waals surface area (Å²) in [6.45, 7) is 1.99. The highest BCUT2D eigenvalue weighted by Gasteiger charge is 2.11. The fourth-order valence-electron chi connectivity index (χ4n) is 1.12. The van der Waals surface area contributed by atoms with Crippen molar-refractivity contribution in [1.82, 2.24) is 4.90 Å². The fourth-order valence-corrected chi connectivity index (χ4v) is 1.12. The monoisotopic (exact) mass is 135 g/mol. The molecule has 0 radical (unpaired) electrons. The SMILES string of the molecule is C1=CN2CCCN=C2N=C1. The van der Waals surface area contributed by atoms with E-state index in [9.17, 15) is 0 Å². The Labute approximate surface area is 59.8 Å². The van der Waals surface area contributed by atoms with Gasteiger partial charge in [-0.25, -0.2) is 4.99 Å². The molecule has 0 atom stereocenters. The molecule has 10 heavy (non-hydrogen) atoms. The van der Waals surface area contributed by atoms with Crippen LogP contribution in [0.25, 0.3) is 0 Å². The second-order valence-electron chi connectivity index (χ2n) is 2.35. The first-order valence-corrected chi connectivity index (χ1v) is 3.49. The molecule has 3 nitrogen and oxygen atoms in total. The summed E-state index contributed by atoms with van der Waals surface area (Å²) in [6.07, 6.45) is 6.87. The van der Waals surface area contributed by atoms with Gasteiger partial charge in [-0.15, -0.1) is 0 Å². The summed E-state index contributed by atoms with van der Waals surface area (Å²) in [7, 11) is 0. The topological polar surface area (TPSA) is 28.0 Å². The van der Waals surface area contributed by atoms with Crippen LogP contribution in [0.15, 0.2) is 22.3 Å². The van der Waals surface area contributed by atoms with Crippen molar-refractivity contribution in [3.8, 4) is 0 Å². The largest absolute Gasteiger partial charge is 0.317 e. The van der Waals surface area contributed by atoms with Crippen molar-refractivity contribution in [2.75, 3.05) is 13.1 Å². The first-order chi connectivity index (χ1) is 4.97. The van der Waals surface area contributed by atoms with Gasteiger partial charge in [-0.2, -0.15) is 0 Å². The van der Waals surface area contributed by atoms with E-state index in [1.165, 1.54) is 0 Å². The minimum atomic E-state index is 0.869. The summed E-state index contributed by atoms with van der Waals surface area (Å²) in [4.78, 5) is 10.4. The van der Waals surface area contributed by atoms with Crippen molar-refractivity contribution in [2.24, 2.45) is 9.98 Å². The van der Waals surface area contributed by atoms with Crippen LogP contribution in [0.1, 0.15) is 6.42 Å². The van der Waals surface area contributed by atoms with Gasteiger partial charge in [0.1, 0.15) is 0 Å². The molecule has 0 unspecified atom stereocenters. The summed E-state index contributed by atoms with van der Waals surface area (Å²) in [6, 6.07) is 0. The summed E-state index contributed by atoms with van der Waals surface area (Å²) in [5, 5.41) is 0. The van der Waals surface area contributed by atoms with E-state index >= 15 is 0 Å². The number of hydrogen-bond acceptors (Lipinski definition) is 3. The van der Waals surface area contributed by atoms with Crippen LogP contribution in [0.3, 0.4) is 0 Å². The molecule has 0 aliphatic carbocycles. The molecule has 0 saturated carbocycles. The van der Waals surface area contributed by atoms with E-state index in [0.717, 1.165) is 25.5 Å². The lowest BCUT2D eigenvalue weighted by molar-refractivity contribution is 0.501. The second kappa shape index (κ2) is 2.25. The third-order valence-electron chi connectivity index (χ3n) is 1.61. The van der Waals surface area contributed by atoms with Crippen LogP contribution in [0.4, 0.5) is 0 Å². The number of rotatable bonds is 0. The molecular formula is C7H9N3. The van der Waals surface area contributed by atoms with E-state index in [4.69, 9.17) is 0 Å². The standard InChI is InChI=1S/C7H9N3/c1-3-8-7-9-4-2-6-10(7)5-1/h1,3,5H,2,4,6H2. The fraction of sp³-hybridized carbons (Fsp3) is 0.429. The zero-order valence-corrected chi connectivity index (χ0v) is 5.70. The number of allylic oxidation sites excluding steroid dienone is 1. The maximum Gasteiger partial charge on any atom is 0.224 e. The molecule has 2 heterocycles. The Morgan fingerprint density at radius 1 is 1.50 bits per heavy atom. The van der Waals surface area contributed by atoms with E-state index in [2.05, 4.69) is 14.9 Å². The maximum atomic E-state index is 4.24. The smallest absolute Gasteiger partial charge is 0.224 e. The molecule has 2 aliphatic heterocycles. The second-order valence-corrected chi connectivity index (χ2v) is 2.35. The average Bonchev–Trinajstić information content (AvgIpc) is 2.05. The predicted molar refractivity (Wildman–Crippen MR) is 41.3 cm³/mol. The van der Waals surface area contributed by atoms with E-state index < -0.39 is 0 Å². The zero-order chi connectivity index (χ0) is 6.81. The van der Waals surface area contributed by atoms with Crippen molar-refractivity contribution in [1.29, 1.82) is 0 Å². The Kier molecular flexibility index (Phi) is 1.27. The van der Waals surface area contributed by atoms with Crippen LogP contribution >= 0.6 is 0 Å². The van der Waals surface area contributed by atoms with E-state index in [1.807, 2.05) is 12.3 Å². The normalized spacial score (nSPS) is 22.4. The molecule has 0 spiro atoms. The van der Waals surface area contributed by atoms with Gasteiger partial charge in [-0.1, -0.05) is 0 Å². The lowest BCUT2D eigenvalue weighted by Gasteiger charge is -2.24. The van der Waals surface area contributed by atoms with Gasteiger partial charge >= 0.3 is 0 Å². The third-order valence-corrected chi connectivity index (χ3v) is 1.61. The molecule has 0 saturated heterocycles. The van der Waals surface area contributed by atoms with Crippen molar-refractivity contribution in [3.05, 3.63) is 12.3 Å². The van der Waals surface area contributed by atoms with Crippen LogP contribution in [0.5, 0.6) is 0 Å². The molecule has 0 aromatic carbocycles. The van der Waals surface area contributed by atoms with Gasteiger partial charge < -0.3 is 4.90 Å². The first kappa shape index (κ1) is 5.65. The molecule has 0 amide bonds. The van der Waals surface area contributed by atoms with Crippen LogP contribution in [0.2, 0.25) is 0 Å². The number of hydrogen-bond donors (Lipinski definition) is 0. The lowest BCUT2D eigenvalue weighted by Crippen LogP contribution is -2.31. The van der Waals surface area contributed by atoms with Gasteiger partial charge in [0.05, 0.1) is 0 Å². The van der Waals surface area contributed by atoms with E-state index in [-0.39, 0.29) is 0 Å². The molecule has 3 heteroatoms. The molecule has 0 N–H and O–H groups in total. The zero-order valence-electron chi connectivity index (χ0n) is 5.70. The molecule has 2 rings (SSSR count). The summed E-state index contributed by atoms with van der Waals surface area (Å²) >= 11 is 0. The van der Waals surface area contributed by atoms with Crippen LogP contribution in [-0.2, 0) is 0 Å². The number of nitrogens with zero attached hydrogens (tertiary/aromatic N) is 3. The molecule has 0 aromatic rings. The Hall–Kier alpha value is -1.12. The highest BCUT2D eigenvalue weighted by atomic mass is 15.3. The maximum absolute atomic E-state index is 4.24. The molecule has 0 aromatic heterocycles. The number of guanidine groups is 1. The average molecular weight is 135 g/mol. The Bertz CT molecular complexity index is 215. The molecule has 0 bridgehead atoms. The number of fused-ring (bicyclic) bond motifs is 1. The Balaban J connectivity index is 2.27. The Morgan fingerprint density at radius 2 is 2.50 bits per heavy atom. The van der Waals surface area contributed by atoms with Gasteiger partial charge in [-0.3, -0.25) is 4.99 Å². The van der Waals surface area contributed by atoms with Crippen molar-refractivity contribution in [3.63, 3.8) is 0 Å². The quantitative estimate of drug-likeness (QED) is 0.479. The number of aliphatic imine (C=N–C) groups is 2. The van der Waals surface area contributed by atoms with Crippen molar-refractivity contribution >= 4 is 12.2 Å². The van der Waals surface area contributed by atoms with Gasteiger partial charge in [0, 0.05) is 25.5 Å². The lowest BCUT2D eigenvalue weighted by atomic mass is 10.3. The van der Waals surface area contributed by atoms with Crippen LogP contribution in [0, 0.1) is 0 Å². The van der Waals surface area contributed by atoms with Crippen molar-refractivity contribution in [2.45, 2.75) is 6.42 Å². The minimum absolute atomic E-state index is 0.869. The van der Waals surface area contributed by atoms with Crippen molar-refractivity contribution < 1.29 is 0 Å². The first-order valence-electron chi connectivity index (χ1n) is 3.49. The minimum Gasteiger partial charge on any atom is -0.317 e. The summed E-state index contributed by atoms with van der Waals surface area (Å²) in [5.41, 5.74) is 0. The van der Waals surface area contributed by atoms with E-state index in [0.29, 0.717) is 0 Å². The summed E-state index contributed by atoms with van der Waals surface area (Å²) < 4.78 is 0. The molecular weight excluding hydrogens is 126 g/mol.